The van der Waals surface area contributed by atoms with Crippen LogP contribution in [0.2, 0.25) is 0 Å². The summed E-state index contributed by atoms with van der Waals surface area (Å²) in [4.78, 5) is 11.1. The lowest BCUT2D eigenvalue weighted by atomic mass is 9.96. The van der Waals surface area contributed by atoms with E-state index in [1.54, 1.807) is 0 Å². The molecule has 5 heteroatoms. The van der Waals surface area contributed by atoms with Crippen LogP contribution in [0.5, 0.6) is 0 Å². The van der Waals surface area contributed by atoms with Crippen LogP contribution in [0.3, 0.4) is 0 Å². The van der Waals surface area contributed by atoms with Crippen molar-refractivity contribution in [3.05, 3.63) is 48.0 Å². The molecule has 1 nitrogen and oxygen atoms in total. The minimum Gasteiger partial charge on any atom is -0.287 e. The van der Waals surface area contributed by atoms with Crippen molar-refractivity contribution in [3.63, 3.8) is 0 Å². The molecule has 0 N–H and O–H groups in total. The van der Waals surface area contributed by atoms with Crippen molar-refractivity contribution >= 4 is 5.78 Å². The van der Waals surface area contributed by atoms with Crippen LogP contribution in [0.1, 0.15) is 12.5 Å². The van der Waals surface area contributed by atoms with Crippen LogP contribution in [-0.4, -0.2) is 11.7 Å². The van der Waals surface area contributed by atoms with Crippen molar-refractivity contribution < 1.29 is 22.4 Å². The number of ketones is 1. The van der Waals surface area contributed by atoms with Crippen molar-refractivity contribution in [3.8, 4) is 0 Å². The standard InChI is InChI=1S/C12H10F4O/c1-8(2)10(17)12(15,16)11(13,14)9-6-4-3-5-7-9/h3-7H,1H2,2H3. The highest BCUT2D eigenvalue weighted by Crippen LogP contribution is 2.44. The Kier molecular flexibility index (Phi) is 3.40. The average molecular weight is 246 g/mol. The number of rotatable bonds is 4. The number of halogens is 4. The zero-order valence-corrected chi connectivity index (χ0v) is 9.01. The third-order valence-corrected chi connectivity index (χ3v) is 2.20. The maximum Gasteiger partial charge on any atom is 0.375 e. The summed E-state index contributed by atoms with van der Waals surface area (Å²) in [5, 5.41) is 0. The summed E-state index contributed by atoms with van der Waals surface area (Å²) < 4.78 is 53.8. The van der Waals surface area contributed by atoms with Gasteiger partial charge in [-0.15, -0.1) is 0 Å². The first-order valence-electron chi connectivity index (χ1n) is 4.72. The van der Waals surface area contributed by atoms with Gasteiger partial charge in [0, 0.05) is 5.56 Å². The van der Waals surface area contributed by atoms with E-state index in [0.717, 1.165) is 19.1 Å². The van der Waals surface area contributed by atoms with Gasteiger partial charge in [-0.1, -0.05) is 36.9 Å². The zero-order valence-electron chi connectivity index (χ0n) is 9.01. The minimum atomic E-state index is -4.79. The Bertz CT molecular complexity index is 437. The summed E-state index contributed by atoms with van der Waals surface area (Å²) in [5.41, 5.74) is -1.51. The van der Waals surface area contributed by atoms with E-state index in [2.05, 4.69) is 6.58 Å². The highest BCUT2D eigenvalue weighted by molar-refractivity contribution is 6.00. The van der Waals surface area contributed by atoms with E-state index in [-0.39, 0.29) is 0 Å². The van der Waals surface area contributed by atoms with E-state index in [9.17, 15) is 22.4 Å². The quantitative estimate of drug-likeness (QED) is 0.586. The molecule has 1 aromatic rings. The minimum absolute atomic E-state index is 0.606. The lowest BCUT2D eigenvalue weighted by Crippen LogP contribution is -2.45. The van der Waals surface area contributed by atoms with Crippen molar-refractivity contribution in [1.82, 2.24) is 0 Å². The number of carbonyl (C=O) groups is 1. The first-order valence-corrected chi connectivity index (χ1v) is 4.72. The summed E-state index contributed by atoms with van der Waals surface area (Å²) in [7, 11) is 0. The number of Topliss-reactive ketones (excluding diaryl/α,β-unsaturated/α-hetero) is 1. The van der Waals surface area contributed by atoms with Gasteiger partial charge in [-0.3, -0.25) is 4.79 Å². The molecule has 0 aromatic heterocycles. The molecule has 0 bridgehead atoms. The molecule has 0 radical (unpaired) electrons. The highest BCUT2D eigenvalue weighted by Gasteiger charge is 2.62. The molecule has 0 heterocycles. The molecule has 0 fully saturated rings. The molecule has 0 amide bonds. The van der Waals surface area contributed by atoms with Gasteiger partial charge in [0.1, 0.15) is 0 Å². The van der Waals surface area contributed by atoms with Crippen LogP contribution >= 0.6 is 0 Å². The number of allylic oxidation sites excluding steroid dienone is 1. The van der Waals surface area contributed by atoms with Crippen LogP contribution in [0, 0.1) is 0 Å². The van der Waals surface area contributed by atoms with Gasteiger partial charge in [-0.25, -0.2) is 0 Å². The Hall–Kier alpha value is -1.65. The zero-order chi connectivity index (χ0) is 13.3. The van der Waals surface area contributed by atoms with Gasteiger partial charge in [0.25, 0.3) is 0 Å². The van der Waals surface area contributed by atoms with Gasteiger partial charge >= 0.3 is 11.8 Å². The molecule has 0 atom stereocenters. The molecular weight excluding hydrogens is 236 g/mol. The molecule has 1 aromatic carbocycles. The Labute approximate surface area is 95.8 Å². The normalized spacial score (nSPS) is 12.3. The monoisotopic (exact) mass is 246 g/mol. The number of alkyl halides is 4. The SMILES string of the molecule is C=C(C)C(=O)C(F)(F)C(F)(F)c1ccccc1. The largest absolute Gasteiger partial charge is 0.375 e. The van der Waals surface area contributed by atoms with E-state index in [1.165, 1.54) is 18.2 Å². The molecule has 0 spiro atoms. The number of hydrogen-bond acceptors (Lipinski definition) is 1. The Morgan fingerprint density at radius 3 is 2.00 bits per heavy atom. The maximum atomic E-state index is 13.5. The van der Waals surface area contributed by atoms with Crippen molar-refractivity contribution in [2.24, 2.45) is 0 Å². The Balaban J connectivity index is 3.22. The van der Waals surface area contributed by atoms with Crippen molar-refractivity contribution in [1.29, 1.82) is 0 Å². The summed E-state index contributed by atoms with van der Waals surface area (Å²) in [6, 6.07) is 5.51. The molecular formula is C12H10F4O. The van der Waals surface area contributed by atoms with Gasteiger partial charge < -0.3 is 0 Å². The van der Waals surface area contributed by atoms with Gasteiger partial charge in [0.15, 0.2) is 0 Å². The van der Waals surface area contributed by atoms with E-state index in [4.69, 9.17) is 0 Å². The van der Waals surface area contributed by atoms with Crippen molar-refractivity contribution in [2.45, 2.75) is 18.8 Å². The maximum absolute atomic E-state index is 13.5. The molecule has 1 rings (SSSR count). The van der Waals surface area contributed by atoms with Gasteiger partial charge in [0.2, 0.25) is 5.78 Å². The fraction of sp³-hybridized carbons (Fsp3) is 0.250. The van der Waals surface area contributed by atoms with Crippen LogP contribution in [0.4, 0.5) is 17.6 Å². The molecule has 92 valence electrons. The Morgan fingerprint density at radius 2 is 1.59 bits per heavy atom. The summed E-state index contributed by atoms with van der Waals surface area (Å²) in [6.45, 7) is 3.94. The lowest BCUT2D eigenvalue weighted by molar-refractivity contribution is -0.210. The smallest absolute Gasteiger partial charge is 0.287 e. The van der Waals surface area contributed by atoms with Crippen LogP contribution in [0.25, 0.3) is 0 Å². The van der Waals surface area contributed by atoms with Crippen LogP contribution in [0.15, 0.2) is 42.5 Å². The van der Waals surface area contributed by atoms with E-state index in [0.29, 0.717) is 0 Å². The topological polar surface area (TPSA) is 17.1 Å². The predicted octanol–water partition coefficient (Wildman–Crippen LogP) is 3.56. The molecule has 0 aliphatic carbocycles. The fourth-order valence-electron chi connectivity index (χ4n) is 1.24. The number of hydrogen-bond donors (Lipinski definition) is 0. The average Bonchev–Trinajstić information content (AvgIpc) is 2.28. The van der Waals surface area contributed by atoms with Gasteiger partial charge in [0.05, 0.1) is 0 Å². The second-order valence-electron chi connectivity index (χ2n) is 3.62. The summed E-state index contributed by atoms with van der Waals surface area (Å²) in [6.07, 6.45) is 0. The van der Waals surface area contributed by atoms with Crippen LogP contribution < -0.4 is 0 Å². The van der Waals surface area contributed by atoms with Gasteiger partial charge in [-0.05, 0) is 12.5 Å². The second-order valence-corrected chi connectivity index (χ2v) is 3.62. The second kappa shape index (κ2) is 4.31. The molecule has 0 saturated carbocycles. The van der Waals surface area contributed by atoms with E-state index in [1.807, 2.05) is 0 Å². The lowest BCUT2D eigenvalue weighted by Gasteiger charge is -2.25. The molecule has 0 aliphatic rings. The van der Waals surface area contributed by atoms with Gasteiger partial charge in [-0.2, -0.15) is 17.6 Å². The van der Waals surface area contributed by atoms with Crippen molar-refractivity contribution in [2.75, 3.05) is 0 Å². The molecule has 17 heavy (non-hydrogen) atoms. The summed E-state index contributed by atoms with van der Waals surface area (Å²) in [5.74, 6) is -11.3. The van der Waals surface area contributed by atoms with E-state index < -0.39 is 28.8 Å². The molecule has 0 unspecified atom stereocenters. The molecule has 0 saturated heterocycles. The fourth-order valence-corrected chi connectivity index (χ4v) is 1.24. The Morgan fingerprint density at radius 1 is 1.12 bits per heavy atom. The predicted molar refractivity (Wildman–Crippen MR) is 55.1 cm³/mol. The van der Waals surface area contributed by atoms with Crippen LogP contribution in [-0.2, 0) is 10.7 Å². The highest BCUT2D eigenvalue weighted by atomic mass is 19.3. The third kappa shape index (κ3) is 2.23. The molecule has 0 aliphatic heterocycles. The third-order valence-electron chi connectivity index (χ3n) is 2.20. The summed E-state index contributed by atoms with van der Waals surface area (Å²) >= 11 is 0. The number of benzene rings is 1. The first-order chi connectivity index (χ1) is 7.71. The first kappa shape index (κ1) is 13.4. The number of carbonyl (C=O) groups excluding carboxylic acids is 1. The van der Waals surface area contributed by atoms with E-state index >= 15 is 0 Å².